The molecule has 0 radical (unpaired) electrons. The van der Waals surface area contributed by atoms with Crippen molar-refractivity contribution in [1.82, 2.24) is 4.90 Å². The van der Waals surface area contributed by atoms with Gasteiger partial charge in [-0.15, -0.1) is 11.6 Å². The Labute approximate surface area is 106 Å². The highest BCUT2D eigenvalue weighted by Crippen LogP contribution is 2.48. The second-order valence-electron chi connectivity index (χ2n) is 5.80. The lowest BCUT2D eigenvalue weighted by Crippen LogP contribution is -2.46. The predicted octanol–water partition coefficient (Wildman–Crippen LogP) is 2.19. The van der Waals surface area contributed by atoms with E-state index in [-0.39, 0.29) is 29.8 Å². The van der Waals surface area contributed by atoms with Crippen molar-refractivity contribution in [2.45, 2.75) is 51.3 Å². The molecule has 0 N–H and O–H groups in total. The minimum Gasteiger partial charge on any atom is -0.444 e. The van der Waals surface area contributed by atoms with E-state index in [9.17, 15) is 9.59 Å². The second-order valence-corrected chi connectivity index (χ2v) is 6.07. The van der Waals surface area contributed by atoms with Crippen LogP contribution in [0.2, 0.25) is 0 Å². The smallest absolute Gasteiger partial charge is 0.411 e. The summed E-state index contributed by atoms with van der Waals surface area (Å²) in [5.74, 6) is 0.355. The Morgan fingerprint density at radius 1 is 1.35 bits per heavy atom. The number of hydrogen-bond acceptors (Lipinski definition) is 3. The van der Waals surface area contributed by atoms with Gasteiger partial charge in [0.25, 0.3) is 0 Å². The quantitative estimate of drug-likeness (QED) is 0.714. The van der Waals surface area contributed by atoms with Gasteiger partial charge in [-0.1, -0.05) is 0 Å². The molecular formula is C12H18ClNO3. The topological polar surface area (TPSA) is 46.6 Å². The summed E-state index contributed by atoms with van der Waals surface area (Å²) in [6, 6.07) is -0.173. The lowest BCUT2D eigenvalue weighted by atomic mass is 10.1. The zero-order valence-electron chi connectivity index (χ0n) is 10.4. The summed E-state index contributed by atoms with van der Waals surface area (Å²) in [6.07, 6.45) is 1.35. The van der Waals surface area contributed by atoms with Crippen LogP contribution in [0.25, 0.3) is 0 Å². The van der Waals surface area contributed by atoms with Crippen molar-refractivity contribution in [3.63, 3.8) is 0 Å². The number of carbonyl (C=O) groups excluding carboxylic acids is 2. The van der Waals surface area contributed by atoms with Crippen molar-refractivity contribution in [3.05, 3.63) is 0 Å². The molecule has 2 aliphatic rings. The fraction of sp³-hybridized carbons (Fsp3) is 0.833. The normalized spacial score (nSPS) is 31.1. The molecule has 2 rings (SSSR count). The molecule has 1 aliphatic heterocycles. The van der Waals surface area contributed by atoms with Crippen LogP contribution in [0.3, 0.4) is 0 Å². The highest BCUT2D eigenvalue weighted by Gasteiger charge is 2.56. The number of ether oxygens (including phenoxy) is 1. The van der Waals surface area contributed by atoms with E-state index in [2.05, 4.69) is 0 Å². The van der Waals surface area contributed by atoms with Crippen LogP contribution in [-0.4, -0.2) is 40.3 Å². The molecule has 1 heterocycles. The van der Waals surface area contributed by atoms with Gasteiger partial charge in [-0.2, -0.15) is 0 Å². The lowest BCUT2D eigenvalue weighted by molar-refractivity contribution is -0.121. The van der Waals surface area contributed by atoms with Gasteiger partial charge in [0.1, 0.15) is 5.60 Å². The summed E-state index contributed by atoms with van der Waals surface area (Å²) in [4.78, 5) is 25.3. The van der Waals surface area contributed by atoms with E-state index in [1.807, 2.05) is 20.8 Å². The number of amides is 1. The fourth-order valence-corrected chi connectivity index (χ4v) is 2.59. The Kier molecular flexibility index (Phi) is 3.10. The molecule has 0 unspecified atom stereocenters. The largest absolute Gasteiger partial charge is 0.444 e. The minimum atomic E-state index is -0.529. The highest BCUT2D eigenvalue weighted by atomic mass is 35.5. The number of piperidine rings is 1. The average molecular weight is 260 g/mol. The van der Waals surface area contributed by atoms with Crippen molar-refractivity contribution in [2.24, 2.45) is 5.92 Å². The number of likely N-dealkylation sites (tertiary alicyclic amines) is 1. The third-order valence-corrected chi connectivity index (χ3v) is 3.48. The van der Waals surface area contributed by atoms with Gasteiger partial charge in [0.2, 0.25) is 0 Å². The van der Waals surface area contributed by atoms with Crippen LogP contribution in [0.5, 0.6) is 0 Å². The number of fused-ring (bicyclic) bond motifs is 1. The maximum absolute atomic E-state index is 12.0. The van der Waals surface area contributed by atoms with Crippen LogP contribution in [0.1, 0.15) is 33.6 Å². The molecule has 1 saturated heterocycles. The summed E-state index contributed by atoms with van der Waals surface area (Å²) in [5, 5.41) is 0. The maximum atomic E-state index is 12.0. The third kappa shape index (κ3) is 2.57. The second kappa shape index (κ2) is 4.16. The molecule has 96 valence electrons. The first-order valence-corrected chi connectivity index (χ1v) is 6.47. The molecule has 17 heavy (non-hydrogen) atoms. The molecule has 1 saturated carbocycles. The van der Waals surface area contributed by atoms with E-state index in [1.54, 1.807) is 4.90 Å². The predicted molar refractivity (Wildman–Crippen MR) is 64.1 cm³/mol. The molecule has 2 fully saturated rings. The molecule has 0 aromatic carbocycles. The van der Waals surface area contributed by atoms with Crippen molar-refractivity contribution in [1.29, 1.82) is 0 Å². The van der Waals surface area contributed by atoms with E-state index < -0.39 is 5.60 Å². The molecule has 0 aromatic rings. The van der Waals surface area contributed by atoms with E-state index in [4.69, 9.17) is 16.3 Å². The van der Waals surface area contributed by atoms with Gasteiger partial charge in [0, 0.05) is 6.04 Å². The number of halogens is 1. The van der Waals surface area contributed by atoms with E-state index in [0.717, 1.165) is 12.8 Å². The molecule has 1 amide bonds. The molecular weight excluding hydrogens is 242 g/mol. The Hall–Kier alpha value is -0.770. The average Bonchev–Trinajstić information content (AvgIpc) is 2.85. The summed E-state index contributed by atoms with van der Waals surface area (Å²) < 4.78 is 5.34. The van der Waals surface area contributed by atoms with Crippen LogP contribution >= 0.6 is 11.6 Å². The van der Waals surface area contributed by atoms with Gasteiger partial charge >= 0.3 is 6.09 Å². The van der Waals surface area contributed by atoms with Gasteiger partial charge in [0.15, 0.2) is 5.78 Å². The lowest BCUT2D eigenvalue weighted by Gasteiger charge is -2.29. The maximum Gasteiger partial charge on any atom is 0.411 e. The van der Waals surface area contributed by atoms with Gasteiger partial charge in [-0.25, -0.2) is 4.79 Å². The molecule has 0 bridgehead atoms. The molecule has 1 aliphatic carbocycles. The Morgan fingerprint density at radius 2 is 2.00 bits per heavy atom. The van der Waals surface area contributed by atoms with Crippen LogP contribution < -0.4 is 0 Å². The van der Waals surface area contributed by atoms with Gasteiger partial charge in [-0.05, 0) is 39.5 Å². The summed E-state index contributed by atoms with van der Waals surface area (Å²) in [7, 11) is 0. The summed E-state index contributed by atoms with van der Waals surface area (Å²) in [5.41, 5.74) is -0.529. The number of nitrogens with zero attached hydrogens (tertiary/aromatic N) is 1. The monoisotopic (exact) mass is 259 g/mol. The number of Topliss-reactive ketones (excluding diaryl/α,β-unsaturated/α-hetero) is 1. The number of rotatable bonds is 2. The Morgan fingerprint density at radius 3 is 2.53 bits per heavy atom. The van der Waals surface area contributed by atoms with Crippen LogP contribution in [0.15, 0.2) is 0 Å². The molecule has 0 aromatic heterocycles. The van der Waals surface area contributed by atoms with Gasteiger partial charge in [-0.3, -0.25) is 9.69 Å². The molecule has 0 spiro atoms. The van der Waals surface area contributed by atoms with Crippen molar-refractivity contribution < 1.29 is 14.3 Å². The Bertz CT molecular complexity index is 350. The van der Waals surface area contributed by atoms with Crippen molar-refractivity contribution >= 4 is 23.5 Å². The SMILES string of the molecule is CC(C)(C)OC(=O)N1[C@@H](C(=O)CCl)C[C@@H]2C[C@H]21. The number of hydrogen-bond donors (Lipinski definition) is 0. The van der Waals surface area contributed by atoms with Gasteiger partial charge < -0.3 is 4.74 Å². The first-order chi connectivity index (χ1) is 7.83. The Balaban J connectivity index is 2.07. The minimum absolute atomic E-state index is 0.0383. The fourth-order valence-electron chi connectivity index (χ4n) is 2.41. The standard InChI is InChI=1S/C12H18ClNO3/c1-12(2,3)17-11(16)14-8-4-7(8)5-9(14)10(15)6-13/h7-9H,4-6H2,1-3H3/t7-,8+,9+/m0/s1. The first-order valence-electron chi connectivity index (χ1n) is 5.93. The zero-order chi connectivity index (χ0) is 12.8. The summed E-state index contributed by atoms with van der Waals surface area (Å²) in [6.45, 7) is 5.47. The van der Waals surface area contributed by atoms with E-state index >= 15 is 0 Å². The number of alkyl halides is 1. The van der Waals surface area contributed by atoms with Crippen molar-refractivity contribution in [3.8, 4) is 0 Å². The molecule has 3 atom stereocenters. The number of carbonyl (C=O) groups is 2. The third-order valence-electron chi connectivity index (χ3n) is 3.21. The van der Waals surface area contributed by atoms with E-state index in [0.29, 0.717) is 5.92 Å². The number of ketones is 1. The van der Waals surface area contributed by atoms with Crippen LogP contribution in [-0.2, 0) is 9.53 Å². The van der Waals surface area contributed by atoms with Gasteiger partial charge in [0.05, 0.1) is 11.9 Å². The highest BCUT2D eigenvalue weighted by molar-refractivity contribution is 6.28. The van der Waals surface area contributed by atoms with E-state index in [1.165, 1.54) is 0 Å². The molecule has 5 heteroatoms. The molecule has 4 nitrogen and oxygen atoms in total. The van der Waals surface area contributed by atoms with Crippen molar-refractivity contribution in [2.75, 3.05) is 5.88 Å². The first kappa shape index (κ1) is 12.7. The summed E-state index contributed by atoms with van der Waals surface area (Å²) >= 11 is 5.57. The van der Waals surface area contributed by atoms with Crippen LogP contribution in [0, 0.1) is 5.92 Å². The zero-order valence-corrected chi connectivity index (χ0v) is 11.2. The van der Waals surface area contributed by atoms with Crippen LogP contribution in [0.4, 0.5) is 4.79 Å².